The van der Waals surface area contributed by atoms with E-state index in [1.165, 1.54) is 0 Å². The maximum Gasteiger partial charge on any atom is 0.197 e. The average molecular weight is 376 g/mol. The summed E-state index contributed by atoms with van der Waals surface area (Å²) in [4.78, 5) is 25.9. The van der Waals surface area contributed by atoms with Crippen LogP contribution in [0, 0.1) is 0 Å². The third kappa shape index (κ3) is 1.61. The van der Waals surface area contributed by atoms with Gasteiger partial charge in [-0.2, -0.15) is 0 Å². The Balaban J connectivity index is 2.36. The largest absolute Gasteiger partial charge is 0.308 e. The summed E-state index contributed by atoms with van der Waals surface area (Å²) in [6, 6.07) is 18.7. The highest BCUT2D eigenvalue weighted by molar-refractivity contribution is 9.10. The summed E-state index contributed by atoms with van der Waals surface area (Å²) < 4.78 is 2.77. The molecule has 3 aromatic carbocycles. The van der Waals surface area contributed by atoms with Gasteiger partial charge in [0, 0.05) is 26.0 Å². The molecule has 0 aliphatic rings. The average Bonchev–Trinajstić information content (AvgIpc) is 2.61. The van der Waals surface area contributed by atoms with Crippen LogP contribution in [0.15, 0.2) is 74.7 Å². The Morgan fingerprint density at radius 1 is 0.667 bits per heavy atom. The van der Waals surface area contributed by atoms with Crippen molar-refractivity contribution in [2.75, 3.05) is 0 Å². The van der Waals surface area contributed by atoms with Crippen molar-refractivity contribution in [3.8, 4) is 0 Å². The van der Waals surface area contributed by atoms with Gasteiger partial charge < -0.3 is 4.40 Å². The number of benzene rings is 3. The van der Waals surface area contributed by atoms with Crippen LogP contribution < -0.4 is 10.9 Å². The predicted octanol–water partition coefficient (Wildman–Crippen LogP) is 4.32. The Morgan fingerprint density at radius 2 is 1.12 bits per heavy atom. The van der Waals surface area contributed by atoms with Gasteiger partial charge in [-0.1, -0.05) is 40.2 Å². The zero-order chi connectivity index (χ0) is 16.4. The number of aromatic nitrogens is 1. The van der Waals surface area contributed by atoms with Gasteiger partial charge in [-0.15, -0.1) is 0 Å². The summed E-state index contributed by atoms with van der Waals surface area (Å²) >= 11 is 3.44. The third-order valence-electron chi connectivity index (χ3n) is 4.57. The van der Waals surface area contributed by atoms with E-state index < -0.39 is 0 Å². The van der Waals surface area contributed by atoms with E-state index in [4.69, 9.17) is 0 Å². The zero-order valence-corrected chi connectivity index (χ0v) is 14.0. The molecule has 0 amide bonds. The molecule has 5 rings (SSSR count). The van der Waals surface area contributed by atoms with Crippen LogP contribution in [0.25, 0.3) is 38.1 Å². The first-order valence-corrected chi connectivity index (χ1v) is 8.37. The van der Waals surface area contributed by atoms with Gasteiger partial charge in [0.2, 0.25) is 0 Å². The molecule has 114 valence electrons. The van der Waals surface area contributed by atoms with Crippen molar-refractivity contribution in [3.63, 3.8) is 0 Å². The fraction of sp³-hybridized carbons (Fsp3) is 0. The molecule has 2 heterocycles. The minimum atomic E-state index is -0.0495. The Morgan fingerprint density at radius 3 is 1.62 bits per heavy atom. The predicted molar refractivity (Wildman–Crippen MR) is 101 cm³/mol. The summed E-state index contributed by atoms with van der Waals surface area (Å²) in [5.41, 5.74) is 2.22. The zero-order valence-electron chi connectivity index (χ0n) is 12.4. The van der Waals surface area contributed by atoms with Crippen LogP contribution in [0.4, 0.5) is 0 Å². The summed E-state index contributed by atoms with van der Waals surface area (Å²) in [5, 5.41) is 2.42. The lowest BCUT2D eigenvalue weighted by Crippen LogP contribution is -2.14. The SMILES string of the molecule is O=c1c2ccccc2n2c3ccccc3c(=O)c3cc(Br)cc1c32. The summed E-state index contributed by atoms with van der Waals surface area (Å²) in [6.07, 6.45) is 0. The standard InChI is InChI=1S/C20H10BrNO2/c21-11-9-14-18-15(10-11)20(24)13-6-2-4-8-17(13)22(18)16-7-3-1-5-12(16)19(14)23/h1-10H. The van der Waals surface area contributed by atoms with Crippen molar-refractivity contribution < 1.29 is 0 Å². The van der Waals surface area contributed by atoms with E-state index in [0.29, 0.717) is 27.1 Å². The third-order valence-corrected chi connectivity index (χ3v) is 5.02. The van der Waals surface area contributed by atoms with Gasteiger partial charge in [-0.3, -0.25) is 9.59 Å². The molecule has 0 aliphatic heterocycles. The number of halogens is 1. The molecule has 0 fully saturated rings. The number of fused-ring (bicyclic) bond motifs is 4. The maximum absolute atomic E-state index is 13.0. The molecule has 0 unspecified atom stereocenters. The lowest BCUT2D eigenvalue weighted by molar-refractivity contribution is 1.31. The molecule has 0 bridgehead atoms. The van der Waals surface area contributed by atoms with E-state index >= 15 is 0 Å². The van der Waals surface area contributed by atoms with Gasteiger partial charge in [0.25, 0.3) is 0 Å². The monoisotopic (exact) mass is 375 g/mol. The van der Waals surface area contributed by atoms with Gasteiger partial charge in [-0.05, 0) is 36.4 Å². The minimum absolute atomic E-state index is 0.0495. The Hall–Kier alpha value is -2.72. The van der Waals surface area contributed by atoms with Gasteiger partial charge in [0.05, 0.1) is 16.6 Å². The second kappa shape index (κ2) is 4.65. The topological polar surface area (TPSA) is 38.5 Å². The van der Waals surface area contributed by atoms with Crippen molar-refractivity contribution in [2.45, 2.75) is 0 Å². The van der Waals surface area contributed by atoms with Crippen molar-refractivity contribution in [3.05, 3.63) is 85.6 Å². The van der Waals surface area contributed by atoms with Crippen molar-refractivity contribution in [1.29, 1.82) is 0 Å². The quantitative estimate of drug-likeness (QED) is 0.298. The van der Waals surface area contributed by atoms with Crippen LogP contribution in [-0.4, -0.2) is 4.40 Å². The number of para-hydroxylation sites is 2. The fourth-order valence-electron chi connectivity index (χ4n) is 3.57. The maximum atomic E-state index is 13.0. The first-order valence-electron chi connectivity index (χ1n) is 7.58. The highest BCUT2D eigenvalue weighted by Crippen LogP contribution is 2.28. The molecule has 0 atom stereocenters. The first-order chi connectivity index (χ1) is 11.7. The molecule has 0 aliphatic carbocycles. The number of nitrogens with zero attached hydrogens (tertiary/aromatic N) is 1. The second-order valence-corrected chi connectivity index (χ2v) is 6.79. The van der Waals surface area contributed by atoms with Crippen LogP contribution in [-0.2, 0) is 0 Å². The van der Waals surface area contributed by atoms with Gasteiger partial charge in [-0.25, -0.2) is 0 Å². The fourth-order valence-corrected chi connectivity index (χ4v) is 4.03. The molecule has 0 radical (unpaired) electrons. The molecule has 4 heteroatoms. The molecule has 0 N–H and O–H groups in total. The van der Waals surface area contributed by atoms with E-state index in [0.717, 1.165) is 15.5 Å². The number of hydrogen-bond donors (Lipinski definition) is 0. The van der Waals surface area contributed by atoms with Crippen LogP contribution in [0.2, 0.25) is 0 Å². The van der Waals surface area contributed by atoms with Crippen LogP contribution in [0.5, 0.6) is 0 Å². The number of hydrogen-bond acceptors (Lipinski definition) is 2. The summed E-state index contributed by atoms with van der Waals surface area (Å²) in [5.74, 6) is 0. The highest BCUT2D eigenvalue weighted by Gasteiger charge is 2.17. The minimum Gasteiger partial charge on any atom is -0.308 e. The van der Waals surface area contributed by atoms with Crippen molar-refractivity contribution in [1.82, 2.24) is 4.40 Å². The van der Waals surface area contributed by atoms with Crippen molar-refractivity contribution in [2.24, 2.45) is 0 Å². The molecule has 2 aromatic heterocycles. The Bertz CT molecular complexity index is 1300. The van der Waals surface area contributed by atoms with Gasteiger partial charge in [0.15, 0.2) is 10.9 Å². The van der Waals surface area contributed by atoms with Gasteiger partial charge in [0.1, 0.15) is 0 Å². The van der Waals surface area contributed by atoms with Crippen LogP contribution >= 0.6 is 15.9 Å². The first kappa shape index (κ1) is 13.7. The lowest BCUT2D eigenvalue weighted by atomic mass is 10.0. The van der Waals surface area contributed by atoms with E-state index in [-0.39, 0.29) is 10.9 Å². The van der Waals surface area contributed by atoms with E-state index in [2.05, 4.69) is 15.9 Å². The number of rotatable bonds is 0. The molecule has 0 spiro atoms. The van der Waals surface area contributed by atoms with Crippen molar-refractivity contribution >= 4 is 54.0 Å². The lowest BCUT2D eigenvalue weighted by Gasteiger charge is -2.14. The van der Waals surface area contributed by atoms with E-state index in [1.54, 1.807) is 12.1 Å². The Labute approximate surface area is 144 Å². The highest BCUT2D eigenvalue weighted by atomic mass is 79.9. The summed E-state index contributed by atoms with van der Waals surface area (Å²) in [6.45, 7) is 0. The summed E-state index contributed by atoms with van der Waals surface area (Å²) in [7, 11) is 0. The van der Waals surface area contributed by atoms with E-state index in [1.807, 2.05) is 52.9 Å². The molecule has 3 nitrogen and oxygen atoms in total. The molecule has 24 heavy (non-hydrogen) atoms. The van der Waals surface area contributed by atoms with Crippen LogP contribution in [0.3, 0.4) is 0 Å². The molecular weight excluding hydrogens is 366 g/mol. The van der Waals surface area contributed by atoms with E-state index in [9.17, 15) is 9.59 Å². The Kier molecular flexibility index (Phi) is 2.65. The molecule has 0 saturated carbocycles. The molecule has 5 aromatic rings. The van der Waals surface area contributed by atoms with Crippen LogP contribution in [0.1, 0.15) is 0 Å². The normalized spacial score (nSPS) is 11.9. The number of pyridine rings is 2. The molecule has 0 saturated heterocycles. The van der Waals surface area contributed by atoms with Gasteiger partial charge >= 0.3 is 0 Å². The molecular formula is C20H10BrNO2. The second-order valence-electron chi connectivity index (χ2n) is 5.88. The smallest absolute Gasteiger partial charge is 0.197 e.